The smallest absolute Gasteiger partial charge is 0.159 e. The molecule has 0 radical (unpaired) electrons. The summed E-state index contributed by atoms with van der Waals surface area (Å²) in [5.41, 5.74) is 1.10. The quantitative estimate of drug-likeness (QED) is 0.297. The third kappa shape index (κ3) is 5.38. The summed E-state index contributed by atoms with van der Waals surface area (Å²) in [6.07, 6.45) is 4.68. The van der Waals surface area contributed by atoms with E-state index < -0.39 is 11.6 Å². The van der Waals surface area contributed by atoms with E-state index in [2.05, 4.69) is 5.32 Å². The van der Waals surface area contributed by atoms with E-state index in [1.807, 2.05) is 30.3 Å². The van der Waals surface area contributed by atoms with E-state index in [1.54, 1.807) is 24.3 Å². The van der Waals surface area contributed by atoms with Crippen LogP contribution >= 0.6 is 0 Å². The maximum atomic E-state index is 14.0. The van der Waals surface area contributed by atoms with Crippen molar-refractivity contribution in [3.8, 4) is 34.1 Å². The predicted octanol–water partition coefficient (Wildman–Crippen LogP) is 7.19. The van der Waals surface area contributed by atoms with Gasteiger partial charge in [0.25, 0.3) is 0 Å². The Hall–Kier alpha value is -3.64. The Kier molecular flexibility index (Phi) is 6.82. The molecular formula is C29H27F2NO3. The predicted molar refractivity (Wildman–Crippen MR) is 133 cm³/mol. The van der Waals surface area contributed by atoms with Crippen LogP contribution in [0.15, 0.2) is 72.8 Å². The molecule has 4 aromatic rings. The van der Waals surface area contributed by atoms with Crippen molar-refractivity contribution < 1.29 is 23.4 Å². The van der Waals surface area contributed by atoms with Gasteiger partial charge in [0, 0.05) is 17.0 Å². The van der Waals surface area contributed by atoms with Crippen LogP contribution < -0.4 is 14.8 Å². The fourth-order valence-electron chi connectivity index (χ4n) is 4.50. The molecule has 0 amide bonds. The highest BCUT2D eigenvalue weighted by Gasteiger charge is 2.15. The van der Waals surface area contributed by atoms with Gasteiger partial charge < -0.3 is 19.9 Å². The van der Waals surface area contributed by atoms with Gasteiger partial charge in [0.05, 0.1) is 6.61 Å². The maximum Gasteiger partial charge on any atom is 0.159 e. The first-order valence-corrected chi connectivity index (χ1v) is 11.9. The second kappa shape index (κ2) is 10.3. The zero-order valence-electron chi connectivity index (χ0n) is 19.3. The van der Waals surface area contributed by atoms with E-state index in [1.165, 1.54) is 25.3 Å². The van der Waals surface area contributed by atoms with Crippen LogP contribution in [0.1, 0.15) is 25.7 Å². The molecule has 1 aliphatic rings. The molecular weight excluding hydrogens is 448 g/mol. The number of hydrogen-bond acceptors (Lipinski definition) is 4. The van der Waals surface area contributed by atoms with Crippen LogP contribution in [-0.2, 0) is 0 Å². The van der Waals surface area contributed by atoms with Gasteiger partial charge in [-0.15, -0.1) is 0 Å². The van der Waals surface area contributed by atoms with Gasteiger partial charge >= 0.3 is 0 Å². The lowest BCUT2D eigenvalue weighted by Crippen LogP contribution is -2.35. The average Bonchev–Trinajstić information content (AvgIpc) is 2.87. The molecule has 1 heterocycles. The Balaban J connectivity index is 1.38. The van der Waals surface area contributed by atoms with E-state index in [0.717, 1.165) is 41.6 Å². The van der Waals surface area contributed by atoms with Gasteiger partial charge in [-0.05, 0) is 97.4 Å². The second-order valence-corrected chi connectivity index (χ2v) is 8.83. The molecule has 4 aromatic carbocycles. The molecule has 0 aromatic heterocycles. The summed E-state index contributed by atoms with van der Waals surface area (Å²) in [5, 5.41) is 14.9. The number of phenolic OH excluding ortho intramolecular Hbond substituents is 1. The van der Waals surface area contributed by atoms with Crippen LogP contribution in [0.25, 0.3) is 21.9 Å². The first kappa shape index (κ1) is 23.1. The van der Waals surface area contributed by atoms with E-state index in [4.69, 9.17) is 9.47 Å². The number of halogens is 2. The largest absolute Gasteiger partial charge is 0.508 e. The molecule has 1 aliphatic heterocycles. The lowest BCUT2D eigenvalue weighted by atomic mass is 9.99. The molecule has 1 unspecified atom stereocenters. The lowest BCUT2D eigenvalue weighted by Gasteiger charge is -2.23. The molecule has 6 heteroatoms. The Morgan fingerprint density at radius 3 is 2.46 bits per heavy atom. The highest BCUT2D eigenvalue weighted by atomic mass is 19.2. The molecule has 4 nitrogen and oxygen atoms in total. The van der Waals surface area contributed by atoms with Gasteiger partial charge in [-0.25, -0.2) is 8.78 Å². The normalized spacial score (nSPS) is 15.8. The summed E-state index contributed by atoms with van der Waals surface area (Å²) in [4.78, 5) is 0. The van der Waals surface area contributed by atoms with Crippen molar-refractivity contribution >= 4 is 10.8 Å². The van der Waals surface area contributed by atoms with E-state index in [-0.39, 0.29) is 5.75 Å². The van der Waals surface area contributed by atoms with E-state index in [9.17, 15) is 13.9 Å². The van der Waals surface area contributed by atoms with Crippen molar-refractivity contribution in [3.05, 3.63) is 84.4 Å². The van der Waals surface area contributed by atoms with Crippen molar-refractivity contribution in [2.24, 2.45) is 0 Å². The van der Waals surface area contributed by atoms with E-state index in [0.29, 0.717) is 35.3 Å². The number of fused-ring (bicyclic) bond motifs is 1. The minimum atomic E-state index is -0.927. The van der Waals surface area contributed by atoms with Crippen LogP contribution in [0.2, 0.25) is 0 Å². The van der Waals surface area contributed by atoms with Crippen LogP contribution in [0, 0.1) is 11.6 Å². The third-order valence-electron chi connectivity index (χ3n) is 6.38. The Bertz CT molecular complexity index is 1320. The molecule has 0 spiro atoms. The first-order valence-electron chi connectivity index (χ1n) is 11.9. The van der Waals surface area contributed by atoms with Crippen LogP contribution in [0.4, 0.5) is 8.78 Å². The number of benzene rings is 4. The number of piperidine rings is 1. The Morgan fingerprint density at radius 1 is 0.857 bits per heavy atom. The molecule has 0 saturated carbocycles. The highest BCUT2D eigenvalue weighted by Crippen LogP contribution is 2.41. The van der Waals surface area contributed by atoms with Crippen molar-refractivity contribution in [2.45, 2.75) is 31.7 Å². The topological polar surface area (TPSA) is 50.7 Å². The summed E-state index contributed by atoms with van der Waals surface area (Å²) in [7, 11) is 0. The number of hydrogen-bond donors (Lipinski definition) is 2. The van der Waals surface area contributed by atoms with Crippen LogP contribution in [-0.4, -0.2) is 24.3 Å². The molecule has 2 N–H and O–H groups in total. The minimum absolute atomic E-state index is 0.133. The van der Waals surface area contributed by atoms with Crippen molar-refractivity contribution in [1.29, 1.82) is 0 Å². The zero-order valence-corrected chi connectivity index (χ0v) is 19.3. The average molecular weight is 476 g/mol. The standard InChI is InChI=1S/C29H27F2NO3/c30-27-13-5-20(18-28(27)31)25-11-4-19-17-22(33)6-12-26(19)29(25)35-24-9-7-23(8-10-24)34-16-14-21-3-1-2-15-32-21/h4-13,17-18,21,32-33H,1-3,14-16H2. The first-order chi connectivity index (χ1) is 17.1. The second-order valence-electron chi connectivity index (χ2n) is 8.83. The monoisotopic (exact) mass is 475 g/mol. The number of nitrogens with one attached hydrogen (secondary N) is 1. The van der Waals surface area contributed by atoms with Crippen molar-refractivity contribution in [3.63, 3.8) is 0 Å². The molecule has 1 fully saturated rings. The summed E-state index contributed by atoms with van der Waals surface area (Å²) in [6, 6.07) is 20.2. The van der Waals surface area contributed by atoms with E-state index >= 15 is 0 Å². The number of aromatic hydroxyl groups is 1. The SMILES string of the molecule is Oc1ccc2c(Oc3ccc(OCCC4CCCCN4)cc3)c(-c3ccc(F)c(F)c3)ccc2c1. The number of rotatable bonds is 7. The number of ether oxygens (including phenoxy) is 2. The molecule has 5 rings (SSSR count). The number of phenols is 1. The van der Waals surface area contributed by atoms with Crippen molar-refractivity contribution in [1.82, 2.24) is 5.32 Å². The molecule has 35 heavy (non-hydrogen) atoms. The molecule has 0 bridgehead atoms. The summed E-state index contributed by atoms with van der Waals surface area (Å²) < 4.78 is 39.7. The molecule has 180 valence electrons. The van der Waals surface area contributed by atoms with Gasteiger partial charge in [0.1, 0.15) is 23.0 Å². The summed E-state index contributed by atoms with van der Waals surface area (Å²) in [6.45, 7) is 1.72. The Labute approximate surface area is 203 Å². The van der Waals surface area contributed by atoms with Gasteiger partial charge in [0.2, 0.25) is 0 Å². The minimum Gasteiger partial charge on any atom is -0.508 e. The Morgan fingerprint density at radius 2 is 1.69 bits per heavy atom. The molecule has 1 saturated heterocycles. The van der Waals surface area contributed by atoms with Gasteiger partial charge in [-0.1, -0.05) is 18.6 Å². The third-order valence-corrected chi connectivity index (χ3v) is 6.38. The van der Waals surface area contributed by atoms with Gasteiger partial charge in [0.15, 0.2) is 11.6 Å². The van der Waals surface area contributed by atoms with Crippen LogP contribution in [0.3, 0.4) is 0 Å². The van der Waals surface area contributed by atoms with Crippen LogP contribution in [0.5, 0.6) is 23.0 Å². The fraction of sp³-hybridized carbons (Fsp3) is 0.241. The fourth-order valence-corrected chi connectivity index (χ4v) is 4.50. The van der Waals surface area contributed by atoms with Crippen molar-refractivity contribution in [2.75, 3.05) is 13.2 Å². The molecule has 0 aliphatic carbocycles. The zero-order chi connectivity index (χ0) is 24.2. The lowest BCUT2D eigenvalue weighted by molar-refractivity contribution is 0.268. The summed E-state index contributed by atoms with van der Waals surface area (Å²) >= 11 is 0. The van der Waals surface area contributed by atoms with Gasteiger partial charge in [-0.2, -0.15) is 0 Å². The highest BCUT2D eigenvalue weighted by molar-refractivity contribution is 5.96. The van der Waals surface area contributed by atoms with Gasteiger partial charge in [-0.3, -0.25) is 0 Å². The summed E-state index contributed by atoms with van der Waals surface area (Å²) in [5.74, 6) is 0.132. The maximum absolute atomic E-state index is 14.0. The molecule has 1 atom stereocenters.